The number of pyridine rings is 1. The van der Waals surface area contributed by atoms with Crippen molar-refractivity contribution in [1.29, 1.82) is 0 Å². The van der Waals surface area contributed by atoms with Crippen LogP contribution in [0.2, 0.25) is 0 Å². The van der Waals surface area contributed by atoms with E-state index in [9.17, 15) is 33.0 Å². The zero-order chi connectivity index (χ0) is 33.6. The Morgan fingerprint density at radius 3 is 2.35 bits per heavy atom. The quantitative estimate of drug-likeness (QED) is 0.283. The van der Waals surface area contributed by atoms with E-state index in [0.29, 0.717) is 11.3 Å². The number of rotatable bonds is 10. The molecule has 3 aromatic rings. The van der Waals surface area contributed by atoms with E-state index in [-0.39, 0.29) is 29.9 Å². The summed E-state index contributed by atoms with van der Waals surface area (Å²) in [6, 6.07) is 13.1. The predicted octanol–water partition coefficient (Wildman–Crippen LogP) is 2.69. The number of hydrogen-bond acceptors (Lipinski definition) is 8. The number of benzene rings is 2. The van der Waals surface area contributed by atoms with Gasteiger partial charge in [-0.1, -0.05) is 57.7 Å². The highest BCUT2D eigenvalue weighted by Gasteiger charge is 2.44. The second kappa shape index (κ2) is 14.3. The summed E-state index contributed by atoms with van der Waals surface area (Å²) in [6.07, 6.45) is 4.20. The van der Waals surface area contributed by atoms with Crippen molar-refractivity contribution in [1.82, 2.24) is 15.2 Å². The van der Waals surface area contributed by atoms with Crippen LogP contribution in [-0.4, -0.2) is 83.0 Å². The van der Waals surface area contributed by atoms with Crippen LogP contribution in [0.25, 0.3) is 0 Å². The van der Waals surface area contributed by atoms with Crippen molar-refractivity contribution in [2.24, 2.45) is 0 Å². The molecular weight excluding hydrogens is 608 g/mol. The molecule has 1 aliphatic heterocycles. The van der Waals surface area contributed by atoms with E-state index in [1.165, 1.54) is 34.3 Å². The fourth-order valence-corrected chi connectivity index (χ4v) is 6.84. The van der Waals surface area contributed by atoms with Crippen molar-refractivity contribution < 1.29 is 33.0 Å². The van der Waals surface area contributed by atoms with Gasteiger partial charge in [0.15, 0.2) is 9.84 Å². The molecule has 1 aromatic heterocycles. The lowest BCUT2D eigenvalue weighted by molar-refractivity contribution is -0.136. The normalized spacial score (nSPS) is 17.4. The SMILES string of the molecule is C=CC(=O)N1CCS(=O)(=O)CC1C(=O)N(c1ccc(C(C)(C)C)cc1)C(C(=O)NC(CO)Cc1ccc(O)cc1)c1cccnc1. The molecule has 244 valence electrons. The summed E-state index contributed by atoms with van der Waals surface area (Å²) >= 11 is 0. The number of nitrogens with zero attached hydrogens (tertiary/aromatic N) is 3. The molecule has 1 aliphatic rings. The molecule has 3 N–H and O–H groups in total. The van der Waals surface area contributed by atoms with Crippen LogP contribution >= 0.6 is 0 Å². The van der Waals surface area contributed by atoms with Gasteiger partial charge < -0.3 is 20.4 Å². The Kier molecular flexibility index (Phi) is 10.6. The van der Waals surface area contributed by atoms with Gasteiger partial charge in [-0.3, -0.25) is 24.3 Å². The third-order valence-electron chi connectivity index (χ3n) is 7.91. The number of aromatic nitrogens is 1. The van der Waals surface area contributed by atoms with Gasteiger partial charge in [0, 0.05) is 30.2 Å². The fourth-order valence-electron chi connectivity index (χ4n) is 5.39. The zero-order valence-corrected chi connectivity index (χ0v) is 27.0. The van der Waals surface area contributed by atoms with Gasteiger partial charge in [0.2, 0.25) is 11.8 Å². The van der Waals surface area contributed by atoms with E-state index in [1.807, 2.05) is 32.9 Å². The second-order valence-corrected chi connectivity index (χ2v) is 14.5. The molecule has 0 spiro atoms. The van der Waals surface area contributed by atoms with Gasteiger partial charge >= 0.3 is 0 Å². The molecule has 0 aliphatic carbocycles. The van der Waals surface area contributed by atoms with Crippen molar-refractivity contribution >= 4 is 33.2 Å². The maximum atomic E-state index is 14.7. The minimum absolute atomic E-state index is 0.0744. The molecular formula is C34H40N4O7S. The maximum absolute atomic E-state index is 14.7. The first-order valence-corrected chi connectivity index (χ1v) is 16.7. The molecule has 1 fully saturated rings. The Morgan fingerprint density at radius 1 is 1.11 bits per heavy atom. The summed E-state index contributed by atoms with van der Waals surface area (Å²) in [5, 5.41) is 22.7. The molecule has 2 aromatic carbocycles. The number of nitrogens with one attached hydrogen (secondary N) is 1. The van der Waals surface area contributed by atoms with E-state index in [0.717, 1.165) is 17.2 Å². The molecule has 0 radical (unpaired) electrons. The van der Waals surface area contributed by atoms with Crippen LogP contribution in [0.15, 0.2) is 85.7 Å². The zero-order valence-electron chi connectivity index (χ0n) is 26.2. The van der Waals surface area contributed by atoms with Crippen LogP contribution in [0, 0.1) is 0 Å². The largest absolute Gasteiger partial charge is 0.508 e. The van der Waals surface area contributed by atoms with Gasteiger partial charge in [-0.25, -0.2) is 8.42 Å². The first kappa shape index (κ1) is 34.3. The minimum atomic E-state index is -3.70. The van der Waals surface area contributed by atoms with Crippen molar-refractivity contribution in [3.8, 4) is 5.75 Å². The first-order valence-electron chi connectivity index (χ1n) is 14.9. The minimum Gasteiger partial charge on any atom is -0.508 e. The smallest absolute Gasteiger partial charge is 0.251 e. The number of carbonyl (C=O) groups is 3. The number of phenolic OH excluding ortho intramolecular Hbond substituents is 1. The van der Waals surface area contributed by atoms with E-state index < -0.39 is 58.0 Å². The molecule has 1 saturated heterocycles. The highest BCUT2D eigenvalue weighted by Crippen LogP contribution is 2.33. The Bertz CT molecular complexity index is 1650. The lowest BCUT2D eigenvalue weighted by Gasteiger charge is -2.39. The molecule has 0 saturated carbocycles. The molecule has 12 heteroatoms. The number of hydrogen-bond donors (Lipinski definition) is 3. The molecule has 4 rings (SSSR count). The second-order valence-electron chi connectivity index (χ2n) is 12.3. The maximum Gasteiger partial charge on any atom is 0.251 e. The predicted molar refractivity (Wildman–Crippen MR) is 175 cm³/mol. The summed E-state index contributed by atoms with van der Waals surface area (Å²) < 4.78 is 25.6. The van der Waals surface area contributed by atoms with Gasteiger partial charge in [0.05, 0.1) is 24.2 Å². The van der Waals surface area contributed by atoms with Gasteiger partial charge in [-0.05, 0) is 59.4 Å². The lowest BCUT2D eigenvalue weighted by atomic mass is 9.87. The molecule has 3 unspecified atom stereocenters. The monoisotopic (exact) mass is 648 g/mol. The molecule has 3 atom stereocenters. The number of sulfone groups is 1. The highest BCUT2D eigenvalue weighted by molar-refractivity contribution is 7.91. The number of phenols is 1. The van der Waals surface area contributed by atoms with E-state index in [4.69, 9.17) is 0 Å². The van der Waals surface area contributed by atoms with Crippen molar-refractivity contribution in [2.75, 3.05) is 29.6 Å². The number of anilines is 1. The lowest BCUT2D eigenvalue weighted by Crippen LogP contribution is -2.60. The van der Waals surface area contributed by atoms with Gasteiger partial charge in [-0.2, -0.15) is 0 Å². The Morgan fingerprint density at radius 2 is 1.78 bits per heavy atom. The molecule has 11 nitrogen and oxygen atoms in total. The number of amides is 3. The summed E-state index contributed by atoms with van der Waals surface area (Å²) in [4.78, 5) is 48.4. The van der Waals surface area contributed by atoms with Crippen LogP contribution in [0.5, 0.6) is 5.75 Å². The molecule has 3 amide bonds. The van der Waals surface area contributed by atoms with Crippen molar-refractivity contribution in [2.45, 2.75) is 50.7 Å². The van der Waals surface area contributed by atoms with Gasteiger partial charge in [0.25, 0.3) is 5.91 Å². The number of aliphatic hydroxyl groups excluding tert-OH is 1. The van der Waals surface area contributed by atoms with Crippen molar-refractivity contribution in [3.05, 3.63) is 102 Å². The third kappa shape index (κ3) is 8.18. The summed E-state index contributed by atoms with van der Waals surface area (Å²) in [5.41, 5.74) is 2.11. The average molecular weight is 649 g/mol. The van der Waals surface area contributed by atoms with E-state index >= 15 is 0 Å². The Labute approximate surface area is 269 Å². The van der Waals surface area contributed by atoms with Gasteiger partial charge in [-0.15, -0.1) is 0 Å². The number of aliphatic hydroxyl groups is 1. The molecule has 2 heterocycles. The average Bonchev–Trinajstić information content (AvgIpc) is 3.03. The van der Waals surface area contributed by atoms with Crippen LogP contribution in [0.4, 0.5) is 5.69 Å². The van der Waals surface area contributed by atoms with Crippen LogP contribution in [0.1, 0.15) is 43.5 Å². The highest BCUT2D eigenvalue weighted by atomic mass is 32.2. The van der Waals surface area contributed by atoms with Crippen molar-refractivity contribution in [3.63, 3.8) is 0 Å². The first-order chi connectivity index (χ1) is 21.7. The summed E-state index contributed by atoms with van der Waals surface area (Å²) in [7, 11) is -3.70. The van der Waals surface area contributed by atoms with Gasteiger partial charge in [0.1, 0.15) is 17.8 Å². The number of carbonyl (C=O) groups excluding carboxylic acids is 3. The molecule has 46 heavy (non-hydrogen) atoms. The topological polar surface area (TPSA) is 157 Å². The van der Waals surface area contributed by atoms with Crippen LogP contribution in [0.3, 0.4) is 0 Å². The number of aromatic hydroxyl groups is 1. The molecule has 0 bridgehead atoms. The fraction of sp³-hybridized carbons (Fsp3) is 0.353. The standard InChI is InChI=1S/C34H40N4O7S/c1-5-30(41)37-17-18-46(44,45)22-29(37)33(43)38(27-12-10-25(11-13-27)34(2,3)4)31(24-7-6-16-35-20-24)32(42)36-26(21-39)19-23-8-14-28(40)15-9-23/h5-16,20,26,29,31,39-40H,1,17-19,21-22H2,2-4H3,(H,36,42). The van der Waals surface area contributed by atoms with E-state index in [2.05, 4.69) is 16.9 Å². The summed E-state index contributed by atoms with van der Waals surface area (Å²) in [5.74, 6) is -2.88. The van der Waals surface area contributed by atoms with Crippen LogP contribution < -0.4 is 10.2 Å². The Balaban J connectivity index is 1.83. The Hall–Kier alpha value is -4.55. The van der Waals surface area contributed by atoms with E-state index in [1.54, 1.807) is 36.4 Å². The summed E-state index contributed by atoms with van der Waals surface area (Å²) in [6.45, 7) is 8.99. The van der Waals surface area contributed by atoms with Crippen LogP contribution in [-0.2, 0) is 36.1 Å². The third-order valence-corrected chi connectivity index (χ3v) is 9.54.